The number of rotatable bonds is 1. The maximum atomic E-state index is 8.85. The maximum absolute atomic E-state index is 8.85. The van der Waals surface area contributed by atoms with Gasteiger partial charge >= 0.3 is 0 Å². The Labute approximate surface area is 128 Å². The average molecular weight is 293 g/mol. The van der Waals surface area contributed by atoms with E-state index >= 15 is 0 Å². The Kier molecular flexibility index (Phi) is 3.14. The molecule has 2 aliphatic rings. The molecule has 1 aliphatic carbocycles. The Hall–Kier alpha value is -2.29. The van der Waals surface area contributed by atoms with Crippen molar-refractivity contribution in [2.45, 2.75) is 25.0 Å². The van der Waals surface area contributed by atoms with Crippen LogP contribution in [0.4, 0.5) is 0 Å². The predicted molar refractivity (Wildman–Crippen MR) is 78.8 cm³/mol. The number of fused-ring (bicyclic) bond motifs is 1. The molecule has 1 fully saturated rings. The van der Waals surface area contributed by atoms with Crippen LogP contribution >= 0.6 is 0 Å². The fourth-order valence-electron chi connectivity index (χ4n) is 3.07. The summed E-state index contributed by atoms with van der Waals surface area (Å²) in [5, 5.41) is 8.85. The van der Waals surface area contributed by atoms with Crippen LogP contribution < -0.4 is 0 Å². The van der Waals surface area contributed by atoms with E-state index in [1.807, 2.05) is 18.3 Å². The highest BCUT2D eigenvalue weighted by Crippen LogP contribution is 2.34. The number of hydrogen-bond acceptors (Lipinski definition) is 5. The summed E-state index contributed by atoms with van der Waals surface area (Å²) >= 11 is 0. The highest BCUT2D eigenvalue weighted by Gasteiger charge is 2.40. The third kappa shape index (κ3) is 2.27. The van der Waals surface area contributed by atoms with Crippen LogP contribution in [0.5, 0.6) is 0 Å². The molecule has 22 heavy (non-hydrogen) atoms. The molecule has 5 nitrogen and oxygen atoms in total. The lowest BCUT2D eigenvalue weighted by Crippen LogP contribution is -2.37. The van der Waals surface area contributed by atoms with Gasteiger partial charge < -0.3 is 9.47 Å². The molecule has 0 bridgehead atoms. The van der Waals surface area contributed by atoms with E-state index in [2.05, 4.69) is 16.0 Å². The smallest absolute Gasteiger partial charge is 0.172 e. The molecule has 110 valence electrons. The fraction of sp³-hybridized carbons (Fsp3) is 0.353. The zero-order valence-electron chi connectivity index (χ0n) is 12.1. The van der Waals surface area contributed by atoms with E-state index in [0.29, 0.717) is 24.6 Å². The van der Waals surface area contributed by atoms with Crippen molar-refractivity contribution in [2.24, 2.45) is 0 Å². The molecule has 4 rings (SSSR count). The van der Waals surface area contributed by atoms with Gasteiger partial charge in [-0.25, -0.2) is 9.97 Å². The number of nitrogens with zero attached hydrogens (tertiary/aromatic N) is 3. The minimum atomic E-state index is -0.452. The Morgan fingerprint density at radius 3 is 2.64 bits per heavy atom. The van der Waals surface area contributed by atoms with Gasteiger partial charge in [0, 0.05) is 30.3 Å². The Balaban J connectivity index is 1.63. The second-order valence-electron chi connectivity index (χ2n) is 5.64. The summed E-state index contributed by atoms with van der Waals surface area (Å²) < 4.78 is 11.5. The van der Waals surface area contributed by atoms with Crippen molar-refractivity contribution in [2.75, 3.05) is 13.2 Å². The topological polar surface area (TPSA) is 68.0 Å². The molecule has 0 saturated carbocycles. The Bertz CT molecular complexity index is 743. The van der Waals surface area contributed by atoms with Crippen molar-refractivity contribution in [1.82, 2.24) is 9.97 Å². The van der Waals surface area contributed by atoms with E-state index in [9.17, 15) is 0 Å². The highest BCUT2D eigenvalue weighted by molar-refractivity contribution is 5.56. The van der Waals surface area contributed by atoms with Crippen LogP contribution in [0, 0.1) is 11.3 Å². The molecule has 0 radical (unpaired) electrons. The summed E-state index contributed by atoms with van der Waals surface area (Å²) in [6.07, 6.45) is 4.27. The van der Waals surface area contributed by atoms with Gasteiger partial charge in [0.15, 0.2) is 11.6 Å². The van der Waals surface area contributed by atoms with Gasteiger partial charge in [-0.2, -0.15) is 5.26 Å². The number of aryl methyl sites for hydroxylation is 1. The standard InChI is InChI=1S/C17H15N3O2/c18-10-12-1-3-13(4-2-12)16-19-11-14-9-17(21-7-8-22-17)6-5-15(14)20-16/h1-4,11H,5-9H2. The number of benzene rings is 1. The van der Waals surface area contributed by atoms with Gasteiger partial charge in [0.05, 0.1) is 24.8 Å². The summed E-state index contributed by atoms with van der Waals surface area (Å²) in [4.78, 5) is 9.16. The highest BCUT2D eigenvalue weighted by atomic mass is 16.7. The number of aromatic nitrogens is 2. The van der Waals surface area contributed by atoms with Gasteiger partial charge in [-0.05, 0) is 36.2 Å². The average Bonchev–Trinajstić information content (AvgIpc) is 3.02. The summed E-state index contributed by atoms with van der Waals surface area (Å²) in [5.41, 5.74) is 3.74. The molecule has 1 aromatic carbocycles. The molecule has 1 spiro atoms. The second kappa shape index (κ2) is 5.16. The van der Waals surface area contributed by atoms with E-state index in [1.165, 1.54) is 0 Å². The molecule has 2 aromatic rings. The first-order valence-corrected chi connectivity index (χ1v) is 7.41. The number of nitriles is 1. The summed E-state index contributed by atoms with van der Waals surface area (Å²) in [7, 11) is 0. The molecular formula is C17H15N3O2. The van der Waals surface area contributed by atoms with E-state index in [-0.39, 0.29) is 0 Å². The summed E-state index contributed by atoms with van der Waals surface area (Å²) in [6.45, 7) is 1.33. The zero-order valence-corrected chi connectivity index (χ0v) is 12.1. The summed E-state index contributed by atoms with van der Waals surface area (Å²) in [5.74, 6) is 0.249. The molecule has 1 aromatic heterocycles. The minimum Gasteiger partial charge on any atom is -0.347 e. The molecule has 1 aliphatic heterocycles. The quantitative estimate of drug-likeness (QED) is 0.806. The first kappa shape index (κ1) is 13.4. The monoisotopic (exact) mass is 293 g/mol. The van der Waals surface area contributed by atoms with Crippen molar-refractivity contribution >= 4 is 0 Å². The van der Waals surface area contributed by atoms with Gasteiger partial charge in [-0.1, -0.05) is 0 Å². The first-order valence-electron chi connectivity index (χ1n) is 7.41. The van der Waals surface area contributed by atoms with E-state index in [4.69, 9.17) is 14.7 Å². The van der Waals surface area contributed by atoms with Crippen LogP contribution in [-0.2, 0) is 22.3 Å². The van der Waals surface area contributed by atoms with E-state index < -0.39 is 5.79 Å². The lowest BCUT2D eigenvalue weighted by atomic mass is 9.91. The van der Waals surface area contributed by atoms with Crippen molar-refractivity contribution in [3.8, 4) is 17.5 Å². The molecule has 5 heteroatoms. The Morgan fingerprint density at radius 2 is 1.91 bits per heavy atom. The van der Waals surface area contributed by atoms with E-state index in [1.54, 1.807) is 12.1 Å². The van der Waals surface area contributed by atoms with Crippen molar-refractivity contribution in [3.63, 3.8) is 0 Å². The molecule has 0 N–H and O–H groups in total. The maximum Gasteiger partial charge on any atom is 0.172 e. The number of ether oxygens (including phenoxy) is 2. The third-order valence-electron chi connectivity index (χ3n) is 4.24. The van der Waals surface area contributed by atoms with Crippen molar-refractivity contribution < 1.29 is 9.47 Å². The Morgan fingerprint density at radius 1 is 1.14 bits per heavy atom. The SMILES string of the molecule is N#Cc1ccc(-c2ncc3c(n2)CCC2(C3)OCCO2)cc1. The fourth-order valence-corrected chi connectivity index (χ4v) is 3.07. The molecule has 2 heterocycles. The van der Waals surface area contributed by atoms with Crippen LogP contribution in [0.3, 0.4) is 0 Å². The molecule has 0 atom stereocenters. The van der Waals surface area contributed by atoms with Crippen LogP contribution in [0.1, 0.15) is 23.2 Å². The lowest BCUT2D eigenvalue weighted by molar-refractivity contribution is -0.164. The van der Waals surface area contributed by atoms with Crippen LogP contribution in [0.15, 0.2) is 30.5 Å². The largest absolute Gasteiger partial charge is 0.347 e. The summed E-state index contributed by atoms with van der Waals surface area (Å²) in [6, 6.07) is 9.45. The predicted octanol–water partition coefficient (Wildman–Crippen LogP) is 2.25. The molecular weight excluding hydrogens is 278 g/mol. The van der Waals surface area contributed by atoms with Crippen molar-refractivity contribution in [3.05, 3.63) is 47.3 Å². The lowest BCUT2D eigenvalue weighted by Gasteiger charge is -2.32. The van der Waals surface area contributed by atoms with Crippen molar-refractivity contribution in [1.29, 1.82) is 5.26 Å². The van der Waals surface area contributed by atoms with Crippen LogP contribution in [0.2, 0.25) is 0 Å². The molecule has 0 unspecified atom stereocenters. The van der Waals surface area contributed by atoms with Gasteiger partial charge in [0.2, 0.25) is 0 Å². The molecule has 1 saturated heterocycles. The van der Waals surface area contributed by atoms with Crippen LogP contribution in [-0.4, -0.2) is 29.0 Å². The normalized spacial score (nSPS) is 18.9. The van der Waals surface area contributed by atoms with E-state index in [0.717, 1.165) is 36.1 Å². The van der Waals surface area contributed by atoms with Gasteiger partial charge in [0.1, 0.15) is 0 Å². The minimum absolute atomic E-state index is 0.452. The third-order valence-corrected chi connectivity index (χ3v) is 4.24. The molecule has 0 amide bonds. The zero-order chi connectivity index (χ0) is 15.0. The van der Waals surface area contributed by atoms with Gasteiger partial charge in [0.25, 0.3) is 0 Å². The van der Waals surface area contributed by atoms with Gasteiger partial charge in [-0.3, -0.25) is 0 Å². The van der Waals surface area contributed by atoms with Gasteiger partial charge in [-0.15, -0.1) is 0 Å². The van der Waals surface area contributed by atoms with Crippen LogP contribution in [0.25, 0.3) is 11.4 Å². The first-order chi connectivity index (χ1) is 10.8. The number of hydrogen-bond donors (Lipinski definition) is 0. The second-order valence-corrected chi connectivity index (χ2v) is 5.64.